The van der Waals surface area contributed by atoms with E-state index in [1.54, 1.807) is 0 Å². The van der Waals surface area contributed by atoms with Crippen LogP contribution in [0.25, 0.3) is 0 Å². The van der Waals surface area contributed by atoms with E-state index in [0.717, 1.165) is 12.2 Å². The topological polar surface area (TPSA) is 9.23 Å². The van der Waals surface area contributed by atoms with Crippen LogP contribution in [-0.4, -0.2) is 13.8 Å². The van der Waals surface area contributed by atoms with E-state index in [-0.39, 0.29) is 0 Å². The summed E-state index contributed by atoms with van der Waals surface area (Å²) in [5.74, 6) is 1.06. The van der Waals surface area contributed by atoms with Crippen molar-refractivity contribution in [3.05, 3.63) is 29.8 Å². The molecule has 0 aromatic heterocycles. The second kappa shape index (κ2) is 2.05. The van der Waals surface area contributed by atoms with Gasteiger partial charge in [0.05, 0.1) is 6.00 Å². The van der Waals surface area contributed by atoms with Crippen LogP contribution in [0.15, 0.2) is 24.3 Å². The summed E-state index contributed by atoms with van der Waals surface area (Å²) in [7, 11) is 2.10. The van der Waals surface area contributed by atoms with E-state index in [1.807, 2.05) is 12.1 Å². The fourth-order valence-electron chi connectivity index (χ4n) is 1.36. The molecule has 0 saturated carbocycles. The van der Waals surface area contributed by atoms with Gasteiger partial charge in [-0.15, -0.1) is 0 Å². The van der Waals surface area contributed by atoms with Crippen LogP contribution in [0.1, 0.15) is 5.56 Å². The zero-order valence-corrected chi connectivity index (χ0v) is 6.00. The Balaban J connectivity index is 2.42. The Morgan fingerprint density at radius 1 is 1.40 bits per heavy atom. The molecule has 10 heavy (non-hydrogen) atoms. The molecule has 1 aliphatic rings. The molecule has 1 nitrogen and oxygen atoms in total. The number of hydrogen-bond acceptors (Lipinski definition) is 1. The first-order valence-electron chi connectivity index (χ1n) is 3.61. The van der Waals surface area contributed by atoms with E-state index in [4.69, 9.17) is 4.74 Å². The summed E-state index contributed by atoms with van der Waals surface area (Å²) < 4.78 is 5.51. The minimum Gasteiger partial charge on any atom is -0.499 e. The second-order valence-corrected chi connectivity index (χ2v) is 2.74. The SMILES string of the molecule is BC1Cc2ccccc2O1. The molecule has 0 radical (unpaired) electrons. The largest absolute Gasteiger partial charge is 0.499 e. The first kappa shape index (κ1) is 5.84. The predicted octanol–water partition coefficient (Wildman–Crippen LogP) is 0.581. The van der Waals surface area contributed by atoms with Gasteiger partial charge in [0.2, 0.25) is 0 Å². The molecular weight excluding hydrogens is 123 g/mol. The molecule has 0 aliphatic carbocycles. The zero-order chi connectivity index (χ0) is 6.97. The Kier molecular flexibility index (Phi) is 1.19. The molecule has 1 atom stereocenters. The lowest BCUT2D eigenvalue weighted by molar-refractivity contribution is 0.315. The van der Waals surface area contributed by atoms with Crippen molar-refractivity contribution in [1.29, 1.82) is 0 Å². The smallest absolute Gasteiger partial charge is 0.155 e. The third-order valence-electron chi connectivity index (χ3n) is 1.81. The molecule has 0 fully saturated rings. The van der Waals surface area contributed by atoms with Crippen molar-refractivity contribution in [1.82, 2.24) is 0 Å². The number of hydrogen-bond donors (Lipinski definition) is 0. The average Bonchev–Trinajstić information content (AvgIpc) is 2.27. The molecule has 1 heterocycles. The highest BCUT2D eigenvalue weighted by atomic mass is 16.5. The summed E-state index contributed by atoms with van der Waals surface area (Å²) in [4.78, 5) is 0. The fraction of sp³-hybridized carbons (Fsp3) is 0.250. The molecule has 50 valence electrons. The molecule has 1 aromatic carbocycles. The third kappa shape index (κ3) is 0.802. The number of rotatable bonds is 0. The van der Waals surface area contributed by atoms with Gasteiger partial charge >= 0.3 is 0 Å². The summed E-state index contributed by atoms with van der Waals surface area (Å²) in [6.07, 6.45) is 1.07. The summed E-state index contributed by atoms with van der Waals surface area (Å²) >= 11 is 0. The van der Waals surface area contributed by atoms with E-state index in [0.29, 0.717) is 6.00 Å². The van der Waals surface area contributed by atoms with Crippen LogP contribution in [0.5, 0.6) is 5.75 Å². The summed E-state index contributed by atoms with van der Waals surface area (Å²) in [6, 6.07) is 8.59. The van der Waals surface area contributed by atoms with Gasteiger partial charge < -0.3 is 4.74 Å². The summed E-state index contributed by atoms with van der Waals surface area (Å²) in [5.41, 5.74) is 1.34. The Hall–Kier alpha value is -0.915. The first-order chi connectivity index (χ1) is 4.86. The van der Waals surface area contributed by atoms with E-state index in [1.165, 1.54) is 5.56 Å². The van der Waals surface area contributed by atoms with E-state index < -0.39 is 0 Å². The van der Waals surface area contributed by atoms with Crippen molar-refractivity contribution in [3.8, 4) is 5.75 Å². The van der Waals surface area contributed by atoms with Gasteiger partial charge in [0.25, 0.3) is 0 Å². The highest BCUT2D eigenvalue weighted by Crippen LogP contribution is 2.26. The lowest BCUT2D eigenvalue weighted by Gasteiger charge is -2.00. The van der Waals surface area contributed by atoms with Gasteiger partial charge in [-0.1, -0.05) is 18.2 Å². The number of fused-ring (bicyclic) bond motifs is 1. The van der Waals surface area contributed by atoms with Gasteiger partial charge in [-0.3, -0.25) is 0 Å². The maximum absolute atomic E-state index is 5.51. The Bertz CT molecular complexity index is 222. The monoisotopic (exact) mass is 132 g/mol. The molecule has 0 N–H and O–H groups in total. The average molecular weight is 132 g/mol. The Morgan fingerprint density at radius 2 is 2.20 bits per heavy atom. The molecule has 1 aliphatic heterocycles. The van der Waals surface area contributed by atoms with Gasteiger partial charge in [0.15, 0.2) is 7.85 Å². The van der Waals surface area contributed by atoms with Crippen LogP contribution in [0.2, 0.25) is 0 Å². The molecule has 0 bridgehead atoms. The van der Waals surface area contributed by atoms with Gasteiger partial charge in [-0.2, -0.15) is 0 Å². The maximum atomic E-state index is 5.51. The standard InChI is InChI=1S/C8H9BO/c9-8-5-6-3-1-2-4-7(6)10-8/h1-4,8H,5,9H2. The normalized spacial score (nSPS) is 21.8. The van der Waals surface area contributed by atoms with E-state index >= 15 is 0 Å². The van der Waals surface area contributed by atoms with Crippen LogP contribution in [0, 0.1) is 0 Å². The van der Waals surface area contributed by atoms with Gasteiger partial charge in [-0.05, 0) is 11.6 Å². The quantitative estimate of drug-likeness (QED) is 0.469. The minimum absolute atomic E-state index is 0.373. The summed E-state index contributed by atoms with van der Waals surface area (Å²) in [6.45, 7) is 0. The first-order valence-corrected chi connectivity index (χ1v) is 3.61. The number of para-hydroxylation sites is 1. The molecule has 2 rings (SSSR count). The third-order valence-corrected chi connectivity index (χ3v) is 1.81. The van der Waals surface area contributed by atoms with Crippen LogP contribution in [-0.2, 0) is 6.42 Å². The molecule has 0 amide bonds. The minimum atomic E-state index is 0.373. The fourth-order valence-corrected chi connectivity index (χ4v) is 1.36. The summed E-state index contributed by atoms with van der Waals surface area (Å²) in [5, 5.41) is 0. The molecule has 2 heteroatoms. The van der Waals surface area contributed by atoms with Crippen molar-refractivity contribution >= 4 is 7.85 Å². The molecular formula is C8H9BO. The van der Waals surface area contributed by atoms with E-state index in [9.17, 15) is 0 Å². The molecule has 0 saturated heterocycles. The van der Waals surface area contributed by atoms with Crippen molar-refractivity contribution in [3.63, 3.8) is 0 Å². The van der Waals surface area contributed by atoms with Gasteiger partial charge in [-0.25, -0.2) is 0 Å². The van der Waals surface area contributed by atoms with Crippen LogP contribution < -0.4 is 4.74 Å². The molecule has 0 spiro atoms. The number of benzene rings is 1. The Labute approximate surface area is 61.4 Å². The number of ether oxygens (including phenoxy) is 1. The maximum Gasteiger partial charge on any atom is 0.155 e. The van der Waals surface area contributed by atoms with Crippen molar-refractivity contribution in [2.24, 2.45) is 0 Å². The van der Waals surface area contributed by atoms with E-state index in [2.05, 4.69) is 20.0 Å². The zero-order valence-electron chi connectivity index (χ0n) is 6.00. The van der Waals surface area contributed by atoms with Gasteiger partial charge in [0, 0.05) is 6.42 Å². The van der Waals surface area contributed by atoms with Crippen molar-refractivity contribution in [2.45, 2.75) is 12.4 Å². The van der Waals surface area contributed by atoms with Crippen molar-refractivity contribution < 1.29 is 4.74 Å². The lowest BCUT2D eigenvalue weighted by atomic mass is 9.95. The van der Waals surface area contributed by atoms with Crippen LogP contribution in [0.3, 0.4) is 0 Å². The highest BCUT2D eigenvalue weighted by Gasteiger charge is 2.16. The lowest BCUT2D eigenvalue weighted by Crippen LogP contribution is -2.11. The van der Waals surface area contributed by atoms with Crippen LogP contribution in [0.4, 0.5) is 0 Å². The molecule has 1 unspecified atom stereocenters. The predicted molar refractivity (Wildman–Crippen MR) is 43.1 cm³/mol. The van der Waals surface area contributed by atoms with Gasteiger partial charge in [0.1, 0.15) is 5.75 Å². The van der Waals surface area contributed by atoms with Crippen molar-refractivity contribution in [2.75, 3.05) is 0 Å². The molecule has 1 aromatic rings. The van der Waals surface area contributed by atoms with Crippen LogP contribution >= 0.6 is 0 Å². The highest BCUT2D eigenvalue weighted by molar-refractivity contribution is 6.11. The second-order valence-electron chi connectivity index (χ2n) is 2.74. The Morgan fingerprint density at radius 3 is 3.00 bits per heavy atom.